The lowest BCUT2D eigenvalue weighted by Gasteiger charge is -1.90. The summed E-state index contributed by atoms with van der Waals surface area (Å²) in [4.78, 5) is 4.34. The van der Waals surface area contributed by atoms with E-state index < -0.39 is 0 Å². The SMILES string of the molecule is CCCCc1nc(-c2ccccc2)no1. The van der Waals surface area contributed by atoms with Crippen LogP contribution >= 0.6 is 0 Å². The second kappa shape index (κ2) is 4.73. The van der Waals surface area contributed by atoms with E-state index in [0.29, 0.717) is 5.82 Å². The van der Waals surface area contributed by atoms with Crippen molar-refractivity contribution in [3.8, 4) is 11.4 Å². The van der Waals surface area contributed by atoms with E-state index >= 15 is 0 Å². The van der Waals surface area contributed by atoms with E-state index in [1.165, 1.54) is 0 Å². The fraction of sp³-hybridized carbons (Fsp3) is 0.333. The smallest absolute Gasteiger partial charge is 0.226 e. The number of hydrogen-bond acceptors (Lipinski definition) is 3. The molecular weight excluding hydrogens is 188 g/mol. The van der Waals surface area contributed by atoms with E-state index in [1.54, 1.807) is 0 Å². The van der Waals surface area contributed by atoms with Crippen molar-refractivity contribution in [2.45, 2.75) is 26.2 Å². The van der Waals surface area contributed by atoms with Gasteiger partial charge in [-0.25, -0.2) is 0 Å². The van der Waals surface area contributed by atoms with Crippen LogP contribution in [0, 0.1) is 0 Å². The Hall–Kier alpha value is -1.64. The van der Waals surface area contributed by atoms with Crippen LogP contribution in [0.1, 0.15) is 25.7 Å². The van der Waals surface area contributed by atoms with Gasteiger partial charge < -0.3 is 4.52 Å². The molecule has 0 saturated carbocycles. The minimum atomic E-state index is 0.682. The molecule has 3 heteroatoms. The normalized spacial score (nSPS) is 10.5. The van der Waals surface area contributed by atoms with Crippen LogP contribution in [0.2, 0.25) is 0 Å². The average molecular weight is 202 g/mol. The summed E-state index contributed by atoms with van der Waals surface area (Å²) >= 11 is 0. The number of aromatic nitrogens is 2. The summed E-state index contributed by atoms with van der Waals surface area (Å²) in [6.45, 7) is 2.15. The first-order chi connectivity index (χ1) is 7.40. The van der Waals surface area contributed by atoms with Gasteiger partial charge in [0.05, 0.1) is 0 Å². The molecule has 0 unspecified atom stereocenters. The third kappa shape index (κ3) is 2.43. The molecular formula is C12H14N2O. The van der Waals surface area contributed by atoms with Gasteiger partial charge in [-0.05, 0) is 6.42 Å². The Kier molecular flexibility index (Phi) is 3.12. The minimum absolute atomic E-state index is 0.682. The zero-order valence-corrected chi connectivity index (χ0v) is 8.81. The van der Waals surface area contributed by atoms with Gasteiger partial charge in [0.15, 0.2) is 0 Å². The number of nitrogens with zero attached hydrogens (tertiary/aromatic N) is 2. The maximum absolute atomic E-state index is 5.16. The highest BCUT2D eigenvalue weighted by Crippen LogP contribution is 2.15. The van der Waals surface area contributed by atoms with Crippen LogP contribution in [0.15, 0.2) is 34.9 Å². The van der Waals surface area contributed by atoms with E-state index in [2.05, 4.69) is 17.1 Å². The van der Waals surface area contributed by atoms with Crippen molar-refractivity contribution in [3.05, 3.63) is 36.2 Å². The van der Waals surface area contributed by atoms with Gasteiger partial charge >= 0.3 is 0 Å². The molecule has 0 spiro atoms. The first-order valence-corrected chi connectivity index (χ1v) is 5.28. The molecule has 15 heavy (non-hydrogen) atoms. The number of hydrogen-bond donors (Lipinski definition) is 0. The zero-order valence-electron chi connectivity index (χ0n) is 8.81. The monoisotopic (exact) mass is 202 g/mol. The Morgan fingerprint density at radius 3 is 2.73 bits per heavy atom. The van der Waals surface area contributed by atoms with Gasteiger partial charge in [0.25, 0.3) is 0 Å². The van der Waals surface area contributed by atoms with Crippen molar-refractivity contribution in [1.29, 1.82) is 0 Å². The number of benzene rings is 1. The van der Waals surface area contributed by atoms with Crippen molar-refractivity contribution in [2.24, 2.45) is 0 Å². The molecule has 0 radical (unpaired) electrons. The first kappa shape index (κ1) is 9.90. The van der Waals surface area contributed by atoms with Crippen LogP contribution in [0.4, 0.5) is 0 Å². The molecule has 2 aromatic rings. The summed E-state index contributed by atoms with van der Waals surface area (Å²) < 4.78 is 5.16. The molecule has 0 bridgehead atoms. The summed E-state index contributed by atoms with van der Waals surface area (Å²) in [6, 6.07) is 9.87. The van der Waals surface area contributed by atoms with E-state index in [9.17, 15) is 0 Å². The van der Waals surface area contributed by atoms with Crippen LogP contribution in [0.5, 0.6) is 0 Å². The Labute approximate surface area is 89.1 Å². The van der Waals surface area contributed by atoms with Crippen molar-refractivity contribution in [1.82, 2.24) is 10.1 Å². The molecule has 0 N–H and O–H groups in total. The molecule has 0 atom stereocenters. The molecule has 0 aliphatic heterocycles. The van der Waals surface area contributed by atoms with Crippen LogP contribution in [-0.2, 0) is 6.42 Å². The van der Waals surface area contributed by atoms with E-state index in [0.717, 1.165) is 30.7 Å². The van der Waals surface area contributed by atoms with Crippen LogP contribution < -0.4 is 0 Å². The average Bonchev–Trinajstić information content (AvgIpc) is 2.76. The Balaban J connectivity index is 2.14. The molecule has 0 amide bonds. The molecule has 0 aliphatic rings. The molecule has 2 rings (SSSR count). The third-order valence-electron chi connectivity index (χ3n) is 2.24. The van der Waals surface area contributed by atoms with Gasteiger partial charge in [0.1, 0.15) is 0 Å². The largest absolute Gasteiger partial charge is 0.339 e. The number of unbranched alkanes of at least 4 members (excludes halogenated alkanes) is 1. The van der Waals surface area contributed by atoms with Gasteiger partial charge in [0.2, 0.25) is 11.7 Å². The highest BCUT2D eigenvalue weighted by atomic mass is 16.5. The lowest BCUT2D eigenvalue weighted by Crippen LogP contribution is -1.84. The second-order valence-electron chi connectivity index (χ2n) is 3.48. The molecule has 78 valence electrons. The molecule has 3 nitrogen and oxygen atoms in total. The molecule has 1 heterocycles. The first-order valence-electron chi connectivity index (χ1n) is 5.28. The maximum atomic E-state index is 5.16. The van der Waals surface area contributed by atoms with E-state index in [-0.39, 0.29) is 0 Å². The molecule has 1 aromatic heterocycles. The second-order valence-corrected chi connectivity index (χ2v) is 3.48. The van der Waals surface area contributed by atoms with Gasteiger partial charge in [-0.15, -0.1) is 0 Å². The Bertz CT molecular complexity index is 409. The van der Waals surface area contributed by atoms with Crippen molar-refractivity contribution < 1.29 is 4.52 Å². The molecule has 0 fully saturated rings. The fourth-order valence-electron chi connectivity index (χ4n) is 1.39. The predicted octanol–water partition coefficient (Wildman–Crippen LogP) is 3.08. The predicted molar refractivity (Wildman–Crippen MR) is 58.3 cm³/mol. The summed E-state index contributed by atoms with van der Waals surface area (Å²) in [5.41, 5.74) is 1.00. The minimum Gasteiger partial charge on any atom is -0.339 e. The van der Waals surface area contributed by atoms with E-state index in [4.69, 9.17) is 4.52 Å². The number of rotatable bonds is 4. The van der Waals surface area contributed by atoms with Gasteiger partial charge in [-0.3, -0.25) is 0 Å². The lowest BCUT2D eigenvalue weighted by molar-refractivity contribution is 0.375. The highest BCUT2D eigenvalue weighted by molar-refractivity contribution is 5.53. The Morgan fingerprint density at radius 2 is 2.00 bits per heavy atom. The lowest BCUT2D eigenvalue weighted by atomic mass is 10.2. The third-order valence-corrected chi connectivity index (χ3v) is 2.24. The highest BCUT2D eigenvalue weighted by Gasteiger charge is 2.06. The summed E-state index contributed by atoms with van der Waals surface area (Å²) in [6.07, 6.45) is 3.11. The molecule has 0 saturated heterocycles. The summed E-state index contributed by atoms with van der Waals surface area (Å²) in [5.74, 6) is 1.41. The Morgan fingerprint density at radius 1 is 1.20 bits per heavy atom. The summed E-state index contributed by atoms with van der Waals surface area (Å²) in [5, 5.41) is 3.95. The van der Waals surface area contributed by atoms with Crippen molar-refractivity contribution in [2.75, 3.05) is 0 Å². The standard InChI is InChI=1S/C12H14N2O/c1-2-3-9-11-13-12(14-15-11)10-7-5-4-6-8-10/h4-8H,2-3,9H2,1H3. The maximum Gasteiger partial charge on any atom is 0.226 e. The van der Waals surface area contributed by atoms with E-state index in [1.807, 2.05) is 30.3 Å². The molecule has 0 aliphatic carbocycles. The van der Waals surface area contributed by atoms with Gasteiger partial charge in [-0.1, -0.05) is 48.8 Å². The van der Waals surface area contributed by atoms with Crippen molar-refractivity contribution in [3.63, 3.8) is 0 Å². The summed E-state index contributed by atoms with van der Waals surface area (Å²) in [7, 11) is 0. The quantitative estimate of drug-likeness (QED) is 0.764. The van der Waals surface area contributed by atoms with Crippen LogP contribution in [0.3, 0.4) is 0 Å². The zero-order chi connectivity index (χ0) is 10.5. The number of aryl methyl sites for hydroxylation is 1. The van der Waals surface area contributed by atoms with Gasteiger partial charge in [0, 0.05) is 12.0 Å². The topological polar surface area (TPSA) is 38.9 Å². The van der Waals surface area contributed by atoms with Crippen LogP contribution in [0.25, 0.3) is 11.4 Å². The fourth-order valence-corrected chi connectivity index (χ4v) is 1.39. The van der Waals surface area contributed by atoms with Gasteiger partial charge in [-0.2, -0.15) is 4.98 Å². The molecule has 1 aromatic carbocycles. The van der Waals surface area contributed by atoms with Crippen LogP contribution in [-0.4, -0.2) is 10.1 Å². The van der Waals surface area contributed by atoms with Crippen molar-refractivity contribution >= 4 is 0 Å².